The summed E-state index contributed by atoms with van der Waals surface area (Å²) in [6, 6.07) is 20.4. The molecule has 5 nitrogen and oxygen atoms in total. The summed E-state index contributed by atoms with van der Waals surface area (Å²) in [7, 11) is 1.46. The largest absolute Gasteiger partial charge is 0.359 e. The number of alkyl halides is 1. The highest BCUT2D eigenvalue weighted by Crippen LogP contribution is 2.48. The molecule has 3 aromatic carbocycles. The van der Waals surface area contributed by atoms with E-state index in [0.29, 0.717) is 17.3 Å². The average Bonchev–Trinajstić information content (AvgIpc) is 3.34. The Kier molecular flexibility index (Phi) is 4.96. The van der Waals surface area contributed by atoms with Gasteiger partial charge in [0.05, 0.1) is 12.1 Å². The topological polar surface area (TPSA) is 52.7 Å². The SMILES string of the molecule is CNC(=O)C[C@]1(F)C(=O)N(C2CCN([C@H]3Cc4cccc5cccc3c45)CC2)c2ccccc21. The molecule has 3 aliphatic rings. The normalized spacial score (nSPS) is 24.6. The van der Waals surface area contributed by atoms with E-state index < -0.39 is 23.9 Å². The van der Waals surface area contributed by atoms with Gasteiger partial charge in [-0.15, -0.1) is 0 Å². The first-order valence-electron chi connectivity index (χ1n) is 12.1. The van der Waals surface area contributed by atoms with Crippen molar-refractivity contribution in [2.24, 2.45) is 0 Å². The molecule has 174 valence electrons. The second-order valence-electron chi connectivity index (χ2n) is 9.69. The number of halogens is 1. The van der Waals surface area contributed by atoms with Crippen LogP contribution in [0.3, 0.4) is 0 Å². The van der Waals surface area contributed by atoms with Gasteiger partial charge in [0.1, 0.15) is 0 Å². The lowest BCUT2D eigenvalue weighted by Crippen LogP contribution is -2.50. The summed E-state index contributed by atoms with van der Waals surface area (Å²) in [6.45, 7) is 1.70. The van der Waals surface area contributed by atoms with Crippen molar-refractivity contribution in [2.75, 3.05) is 25.0 Å². The van der Waals surface area contributed by atoms with Crippen molar-refractivity contribution >= 4 is 28.3 Å². The second-order valence-corrected chi connectivity index (χ2v) is 9.69. The molecule has 2 amide bonds. The number of rotatable bonds is 4. The molecule has 2 atom stereocenters. The highest BCUT2D eigenvalue weighted by molar-refractivity contribution is 6.09. The molecule has 6 heteroatoms. The van der Waals surface area contributed by atoms with Crippen molar-refractivity contribution in [3.05, 3.63) is 77.4 Å². The van der Waals surface area contributed by atoms with Crippen molar-refractivity contribution in [3.8, 4) is 0 Å². The highest BCUT2D eigenvalue weighted by atomic mass is 19.1. The minimum Gasteiger partial charge on any atom is -0.359 e. The number of hydrogen-bond acceptors (Lipinski definition) is 3. The minimum absolute atomic E-state index is 0.0771. The van der Waals surface area contributed by atoms with Gasteiger partial charge in [-0.25, -0.2) is 4.39 Å². The fraction of sp³-hybridized carbons (Fsp3) is 0.357. The van der Waals surface area contributed by atoms with Crippen molar-refractivity contribution in [1.82, 2.24) is 10.2 Å². The molecule has 1 saturated heterocycles. The fourth-order valence-corrected chi connectivity index (χ4v) is 6.27. The van der Waals surface area contributed by atoms with Crippen LogP contribution in [-0.2, 0) is 21.7 Å². The van der Waals surface area contributed by atoms with Gasteiger partial charge in [-0.05, 0) is 47.2 Å². The van der Waals surface area contributed by atoms with Crippen LogP contribution in [0.25, 0.3) is 10.8 Å². The van der Waals surface area contributed by atoms with Gasteiger partial charge in [0.25, 0.3) is 5.91 Å². The number of carbonyl (C=O) groups excluding carboxylic acids is 2. The number of nitrogens with zero attached hydrogens (tertiary/aromatic N) is 2. The van der Waals surface area contributed by atoms with Gasteiger partial charge in [0.15, 0.2) is 0 Å². The molecule has 0 bridgehead atoms. The Hall–Kier alpha value is -3.25. The van der Waals surface area contributed by atoms with Crippen LogP contribution < -0.4 is 10.2 Å². The van der Waals surface area contributed by atoms with E-state index in [4.69, 9.17) is 0 Å². The highest BCUT2D eigenvalue weighted by Gasteiger charge is 2.54. The number of piperidine rings is 1. The Labute approximate surface area is 198 Å². The number of likely N-dealkylation sites (tertiary alicyclic amines) is 1. The lowest BCUT2D eigenvalue weighted by atomic mass is 9.93. The number of benzene rings is 3. The Morgan fingerprint density at radius 3 is 2.56 bits per heavy atom. The summed E-state index contributed by atoms with van der Waals surface area (Å²) in [5.41, 5.74) is 1.40. The van der Waals surface area contributed by atoms with E-state index in [1.165, 1.54) is 28.9 Å². The van der Waals surface area contributed by atoms with Crippen LogP contribution in [-0.4, -0.2) is 42.9 Å². The first-order chi connectivity index (χ1) is 16.5. The quantitative estimate of drug-likeness (QED) is 0.637. The molecule has 2 heterocycles. The van der Waals surface area contributed by atoms with Gasteiger partial charge in [-0.3, -0.25) is 14.5 Å². The molecule has 1 fully saturated rings. The summed E-state index contributed by atoms with van der Waals surface area (Å²) in [5.74, 6) is -1.08. The third kappa shape index (κ3) is 3.08. The molecule has 1 N–H and O–H groups in total. The third-order valence-electron chi connectivity index (χ3n) is 7.93. The van der Waals surface area contributed by atoms with Crippen LogP contribution in [0, 0.1) is 0 Å². The first kappa shape index (κ1) is 21.3. The van der Waals surface area contributed by atoms with Gasteiger partial charge < -0.3 is 10.2 Å². The number of anilines is 1. The van der Waals surface area contributed by atoms with E-state index in [9.17, 15) is 9.59 Å². The summed E-state index contributed by atoms with van der Waals surface area (Å²) in [5, 5.41) is 5.14. The zero-order valence-electron chi connectivity index (χ0n) is 19.3. The first-order valence-corrected chi connectivity index (χ1v) is 12.1. The van der Waals surface area contributed by atoms with Gasteiger partial charge in [-0.1, -0.05) is 54.6 Å². The molecular weight excluding hydrogens is 429 g/mol. The number of para-hydroxylation sites is 1. The maximum Gasteiger partial charge on any atom is 0.270 e. The smallest absolute Gasteiger partial charge is 0.270 e. The second kappa shape index (κ2) is 7.91. The van der Waals surface area contributed by atoms with Crippen molar-refractivity contribution in [2.45, 2.75) is 43.4 Å². The average molecular weight is 458 g/mol. The van der Waals surface area contributed by atoms with Crippen LogP contribution >= 0.6 is 0 Å². The molecular formula is C28H28FN3O2. The van der Waals surface area contributed by atoms with E-state index in [1.54, 1.807) is 23.1 Å². The predicted octanol–water partition coefficient (Wildman–Crippen LogP) is 4.25. The van der Waals surface area contributed by atoms with Gasteiger partial charge in [0, 0.05) is 37.8 Å². The zero-order valence-corrected chi connectivity index (χ0v) is 19.3. The summed E-state index contributed by atoms with van der Waals surface area (Å²) < 4.78 is 16.1. The molecule has 2 aliphatic heterocycles. The third-order valence-corrected chi connectivity index (χ3v) is 7.93. The Morgan fingerprint density at radius 2 is 1.79 bits per heavy atom. The van der Waals surface area contributed by atoms with E-state index in [2.05, 4.69) is 46.6 Å². The van der Waals surface area contributed by atoms with Crippen molar-refractivity contribution in [1.29, 1.82) is 0 Å². The summed E-state index contributed by atoms with van der Waals surface area (Å²) in [6.07, 6.45) is 2.07. The number of hydrogen-bond donors (Lipinski definition) is 1. The monoisotopic (exact) mass is 457 g/mol. The molecule has 0 aromatic heterocycles. The van der Waals surface area contributed by atoms with Gasteiger partial charge in [0.2, 0.25) is 11.6 Å². The standard InChI is InChI=1S/C28H28FN3O2/c1-30-25(33)17-28(29)22-10-2-3-11-23(22)32(27(28)34)20-12-14-31(15-13-20)24-16-19-8-4-6-18-7-5-9-21(24)26(18)19/h2-11,20,24H,12-17H2,1H3,(H,30,33)/t24-,28+/m0/s1. The van der Waals surface area contributed by atoms with E-state index >= 15 is 4.39 Å². The fourth-order valence-electron chi connectivity index (χ4n) is 6.27. The predicted molar refractivity (Wildman–Crippen MR) is 130 cm³/mol. The van der Waals surface area contributed by atoms with E-state index in [1.807, 2.05) is 6.07 Å². The lowest BCUT2D eigenvalue weighted by Gasteiger charge is -2.40. The number of amides is 2. The molecule has 0 saturated carbocycles. The molecule has 3 aromatic rings. The molecule has 0 radical (unpaired) electrons. The van der Waals surface area contributed by atoms with Crippen LogP contribution in [0.4, 0.5) is 10.1 Å². The molecule has 0 spiro atoms. The van der Waals surface area contributed by atoms with Crippen LogP contribution in [0.1, 0.15) is 42.0 Å². The Morgan fingerprint density at radius 1 is 1.06 bits per heavy atom. The van der Waals surface area contributed by atoms with Gasteiger partial charge in [-0.2, -0.15) is 0 Å². The maximum atomic E-state index is 16.1. The van der Waals surface area contributed by atoms with Crippen molar-refractivity contribution in [3.63, 3.8) is 0 Å². The Balaban J connectivity index is 1.23. The van der Waals surface area contributed by atoms with Crippen molar-refractivity contribution < 1.29 is 14.0 Å². The van der Waals surface area contributed by atoms with E-state index in [0.717, 1.165) is 32.4 Å². The molecule has 1 aliphatic carbocycles. The van der Waals surface area contributed by atoms with Crippen LogP contribution in [0.15, 0.2) is 60.7 Å². The summed E-state index contributed by atoms with van der Waals surface area (Å²) in [4.78, 5) is 29.6. The van der Waals surface area contributed by atoms with Crippen LogP contribution in [0.5, 0.6) is 0 Å². The molecule has 6 rings (SSSR count). The minimum atomic E-state index is -2.31. The zero-order chi connectivity index (χ0) is 23.4. The maximum absolute atomic E-state index is 16.1. The number of fused-ring (bicyclic) bond motifs is 1. The van der Waals surface area contributed by atoms with Gasteiger partial charge >= 0.3 is 0 Å². The van der Waals surface area contributed by atoms with E-state index in [-0.39, 0.29) is 6.04 Å². The lowest BCUT2D eigenvalue weighted by molar-refractivity contribution is -0.136. The Bertz CT molecular complexity index is 1290. The number of nitrogens with one attached hydrogen (secondary N) is 1. The summed E-state index contributed by atoms with van der Waals surface area (Å²) >= 11 is 0. The van der Waals surface area contributed by atoms with Crippen LogP contribution in [0.2, 0.25) is 0 Å². The molecule has 0 unspecified atom stereocenters. The molecule has 34 heavy (non-hydrogen) atoms. The number of carbonyl (C=O) groups is 2.